The predicted octanol–water partition coefficient (Wildman–Crippen LogP) is 14.8. The Labute approximate surface area is 317 Å². The number of hydrogen-bond donors (Lipinski definition) is 0. The molecule has 2 aliphatic carbocycles. The zero-order valence-corrected chi connectivity index (χ0v) is 31.2. The topological polar surface area (TPSA) is 0 Å². The van der Waals surface area contributed by atoms with Crippen LogP contribution in [0.3, 0.4) is 0 Å². The molecular formula is C54H40. The Balaban J connectivity index is 1.19. The Kier molecular flexibility index (Phi) is 6.46. The molecule has 0 aromatic heterocycles. The fourth-order valence-corrected chi connectivity index (χ4v) is 10.1. The molecule has 0 spiro atoms. The van der Waals surface area contributed by atoms with Gasteiger partial charge in [0.15, 0.2) is 0 Å². The Bertz CT molecular complexity index is 2870. The largest absolute Gasteiger partial charge is 0.0619 e. The van der Waals surface area contributed by atoms with Crippen LogP contribution in [0.1, 0.15) is 49.9 Å². The molecule has 0 radical (unpaired) electrons. The average Bonchev–Trinajstić information content (AvgIpc) is 3.59. The van der Waals surface area contributed by atoms with Gasteiger partial charge in [-0.2, -0.15) is 0 Å². The molecule has 0 bridgehead atoms. The van der Waals surface area contributed by atoms with E-state index in [1.807, 2.05) is 0 Å². The number of rotatable bonds is 3. The van der Waals surface area contributed by atoms with Crippen LogP contribution in [0.2, 0.25) is 0 Å². The highest BCUT2D eigenvalue weighted by Gasteiger charge is 2.36. The van der Waals surface area contributed by atoms with Crippen LogP contribution >= 0.6 is 0 Å². The minimum atomic E-state index is -0.0290. The van der Waals surface area contributed by atoms with Gasteiger partial charge in [-0.15, -0.1) is 0 Å². The summed E-state index contributed by atoms with van der Waals surface area (Å²) in [5, 5.41) is 7.79. The predicted molar refractivity (Wildman–Crippen MR) is 230 cm³/mol. The second-order valence-electron chi connectivity index (χ2n) is 16.5. The van der Waals surface area contributed by atoms with Crippen molar-refractivity contribution in [3.63, 3.8) is 0 Å². The molecule has 0 unspecified atom stereocenters. The number of benzene rings is 9. The maximum Gasteiger partial charge on any atom is 0.0158 e. The molecule has 11 rings (SSSR count). The normalized spacial score (nSPS) is 14.6. The SMILES string of the molecule is CC1(C)c2ccccc2-c2cc(-c3cc(-c4ccc5c(c4)-c4ccccc4C5(C)C)cc(-c4cccc5c6ccccc6c6ccccc6c45)c3)ccc21. The molecule has 0 fully saturated rings. The van der Waals surface area contributed by atoms with Crippen LogP contribution in [0.25, 0.3) is 88.0 Å². The van der Waals surface area contributed by atoms with Crippen molar-refractivity contribution in [2.75, 3.05) is 0 Å². The first kappa shape index (κ1) is 31.3. The smallest absolute Gasteiger partial charge is 0.0158 e. The highest BCUT2D eigenvalue weighted by molar-refractivity contribution is 6.28. The molecular weight excluding hydrogens is 649 g/mol. The van der Waals surface area contributed by atoms with Crippen LogP contribution in [0.15, 0.2) is 170 Å². The van der Waals surface area contributed by atoms with E-state index in [0.717, 1.165) is 0 Å². The summed E-state index contributed by atoms with van der Waals surface area (Å²) in [5.41, 5.74) is 18.4. The molecule has 9 aromatic carbocycles. The van der Waals surface area contributed by atoms with Gasteiger partial charge in [-0.05, 0) is 141 Å². The van der Waals surface area contributed by atoms with Crippen molar-refractivity contribution in [1.29, 1.82) is 0 Å². The molecule has 0 heterocycles. The highest BCUT2D eigenvalue weighted by atomic mass is 14.4. The van der Waals surface area contributed by atoms with E-state index >= 15 is 0 Å². The maximum absolute atomic E-state index is 2.44. The monoisotopic (exact) mass is 688 g/mol. The van der Waals surface area contributed by atoms with Gasteiger partial charge < -0.3 is 0 Å². The van der Waals surface area contributed by atoms with Crippen molar-refractivity contribution in [3.05, 3.63) is 192 Å². The lowest BCUT2D eigenvalue weighted by Crippen LogP contribution is -2.14. The van der Waals surface area contributed by atoms with Gasteiger partial charge in [-0.25, -0.2) is 0 Å². The van der Waals surface area contributed by atoms with Crippen molar-refractivity contribution in [2.45, 2.75) is 38.5 Å². The van der Waals surface area contributed by atoms with Crippen molar-refractivity contribution in [3.8, 4) is 55.6 Å². The van der Waals surface area contributed by atoms with Crippen LogP contribution in [-0.4, -0.2) is 0 Å². The van der Waals surface area contributed by atoms with E-state index in [-0.39, 0.29) is 10.8 Å². The molecule has 0 amide bonds. The summed E-state index contributed by atoms with van der Waals surface area (Å²) in [6.45, 7) is 9.44. The zero-order chi connectivity index (χ0) is 36.3. The third-order valence-electron chi connectivity index (χ3n) is 12.8. The lowest BCUT2D eigenvalue weighted by molar-refractivity contribution is 0.660. The van der Waals surface area contributed by atoms with E-state index in [9.17, 15) is 0 Å². The summed E-state index contributed by atoms with van der Waals surface area (Å²) in [4.78, 5) is 0. The highest BCUT2D eigenvalue weighted by Crippen LogP contribution is 2.52. The van der Waals surface area contributed by atoms with Gasteiger partial charge in [-0.1, -0.05) is 167 Å². The van der Waals surface area contributed by atoms with Crippen molar-refractivity contribution in [2.24, 2.45) is 0 Å². The molecule has 0 atom stereocenters. The lowest BCUT2D eigenvalue weighted by atomic mass is 9.81. The Morgan fingerprint density at radius 2 is 0.630 bits per heavy atom. The van der Waals surface area contributed by atoms with E-state index in [4.69, 9.17) is 0 Å². The molecule has 0 nitrogen and oxygen atoms in total. The van der Waals surface area contributed by atoms with Gasteiger partial charge in [0.25, 0.3) is 0 Å². The molecule has 54 heavy (non-hydrogen) atoms. The third kappa shape index (κ3) is 4.32. The summed E-state index contributed by atoms with van der Waals surface area (Å²) in [5.74, 6) is 0. The Hall–Kier alpha value is -6.24. The summed E-state index contributed by atoms with van der Waals surface area (Å²) in [6.07, 6.45) is 0. The molecule has 0 saturated heterocycles. The van der Waals surface area contributed by atoms with Gasteiger partial charge in [0, 0.05) is 10.8 Å². The van der Waals surface area contributed by atoms with Gasteiger partial charge in [0.1, 0.15) is 0 Å². The summed E-state index contributed by atoms with van der Waals surface area (Å²) in [7, 11) is 0. The standard InChI is InChI=1S/C54H40/c1-53(2)48-22-11-9-17-42(48)46-31-33(24-26-50(46)53)35-28-36(34-25-27-51-47(32-34)43-18-10-12-23-49(43)54(51,3)4)30-37(29-35)38-20-13-21-45-41-15-6-5-14-39(41)40-16-7-8-19-44(40)52(38)45/h5-32H,1-4H3. The summed E-state index contributed by atoms with van der Waals surface area (Å²) >= 11 is 0. The van der Waals surface area contributed by atoms with Crippen molar-refractivity contribution >= 4 is 32.3 Å². The van der Waals surface area contributed by atoms with E-state index in [2.05, 4.69) is 198 Å². The first-order chi connectivity index (χ1) is 26.3. The van der Waals surface area contributed by atoms with E-state index < -0.39 is 0 Å². The Morgan fingerprint density at radius 3 is 1.15 bits per heavy atom. The first-order valence-corrected chi connectivity index (χ1v) is 19.3. The lowest BCUT2D eigenvalue weighted by Gasteiger charge is -2.22. The second kappa shape index (κ2) is 11.1. The van der Waals surface area contributed by atoms with Crippen molar-refractivity contribution in [1.82, 2.24) is 0 Å². The Morgan fingerprint density at radius 1 is 0.259 bits per heavy atom. The van der Waals surface area contributed by atoms with Gasteiger partial charge >= 0.3 is 0 Å². The second-order valence-corrected chi connectivity index (χ2v) is 16.5. The minimum absolute atomic E-state index is 0.0290. The fraction of sp³-hybridized carbons (Fsp3) is 0.111. The van der Waals surface area contributed by atoms with Crippen LogP contribution in [0.5, 0.6) is 0 Å². The van der Waals surface area contributed by atoms with Gasteiger partial charge in [0.2, 0.25) is 0 Å². The molecule has 0 N–H and O–H groups in total. The zero-order valence-electron chi connectivity index (χ0n) is 31.2. The minimum Gasteiger partial charge on any atom is -0.0619 e. The van der Waals surface area contributed by atoms with E-state index in [0.29, 0.717) is 0 Å². The number of hydrogen-bond acceptors (Lipinski definition) is 0. The maximum atomic E-state index is 2.44. The van der Waals surface area contributed by atoms with Crippen LogP contribution in [-0.2, 0) is 10.8 Å². The quantitative estimate of drug-likeness (QED) is 0.162. The van der Waals surface area contributed by atoms with Crippen LogP contribution in [0, 0.1) is 0 Å². The van der Waals surface area contributed by atoms with Gasteiger partial charge in [0.05, 0.1) is 0 Å². The number of fused-ring (bicyclic) bond motifs is 12. The summed E-state index contributed by atoms with van der Waals surface area (Å²) in [6, 6.07) is 64.2. The van der Waals surface area contributed by atoms with Crippen LogP contribution in [0.4, 0.5) is 0 Å². The molecule has 0 heteroatoms. The van der Waals surface area contributed by atoms with Gasteiger partial charge in [-0.3, -0.25) is 0 Å². The molecule has 0 saturated carbocycles. The molecule has 256 valence electrons. The van der Waals surface area contributed by atoms with E-state index in [1.54, 1.807) is 0 Å². The summed E-state index contributed by atoms with van der Waals surface area (Å²) < 4.78 is 0. The van der Waals surface area contributed by atoms with E-state index in [1.165, 1.54) is 110 Å². The average molecular weight is 689 g/mol. The first-order valence-electron chi connectivity index (χ1n) is 19.3. The fourth-order valence-electron chi connectivity index (χ4n) is 10.1. The molecule has 2 aliphatic rings. The third-order valence-corrected chi connectivity index (χ3v) is 12.8. The van der Waals surface area contributed by atoms with Crippen LogP contribution < -0.4 is 0 Å². The molecule has 0 aliphatic heterocycles. The van der Waals surface area contributed by atoms with Crippen molar-refractivity contribution < 1.29 is 0 Å². The molecule has 9 aromatic rings.